The molecule has 1 aromatic rings. The number of halogens is 1. The average Bonchev–Trinajstić information content (AvgIpc) is 3.06. The monoisotopic (exact) mass is 360 g/mol. The van der Waals surface area contributed by atoms with Crippen molar-refractivity contribution >= 4 is 27.7 Å². The maximum absolute atomic E-state index is 13.0. The molecule has 1 atom stereocenters. The predicted molar refractivity (Wildman–Crippen MR) is 83.9 cm³/mol. The van der Waals surface area contributed by atoms with Gasteiger partial charge in [0, 0.05) is 18.8 Å². The standard InChI is InChI=1S/C14H17FN2O4S2/c15-11-1-3-12(4-2-11)23(19,20)17-10-22-9-13(17)14(18)16-5-7-21-8-6-16/h1-4,13H,5-10H2/t13-/m1/s1. The lowest BCUT2D eigenvalue weighted by Crippen LogP contribution is -2.51. The highest BCUT2D eigenvalue weighted by Gasteiger charge is 2.41. The molecule has 2 aliphatic rings. The number of ether oxygens (including phenoxy) is 1. The number of morpholine rings is 1. The molecule has 126 valence electrons. The number of nitrogens with zero attached hydrogens (tertiary/aromatic N) is 2. The lowest BCUT2D eigenvalue weighted by atomic mass is 10.2. The van der Waals surface area contributed by atoms with E-state index in [2.05, 4.69) is 0 Å². The van der Waals surface area contributed by atoms with Crippen molar-refractivity contribution in [3.63, 3.8) is 0 Å². The van der Waals surface area contributed by atoms with E-state index in [1.54, 1.807) is 4.90 Å². The van der Waals surface area contributed by atoms with Crippen LogP contribution < -0.4 is 0 Å². The van der Waals surface area contributed by atoms with Crippen LogP contribution in [0.1, 0.15) is 0 Å². The van der Waals surface area contributed by atoms with Gasteiger partial charge in [-0.1, -0.05) is 0 Å². The summed E-state index contributed by atoms with van der Waals surface area (Å²) in [6.45, 7) is 1.89. The zero-order chi connectivity index (χ0) is 16.4. The fourth-order valence-electron chi connectivity index (χ4n) is 2.60. The molecule has 9 heteroatoms. The van der Waals surface area contributed by atoms with Crippen LogP contribution in [0.15, 0.2) is 29.2 Å². The Bertz CT molecular complexity index is 675. The molecule has 23 heavy (non-hydrogen) atoms. The van der Waals surface area contributed by atoms with Crippen molar-refractivity contribution in [2.24, 2.45) is 0 Å². The van der Waals surface area contributed by atoms with Crippen molar-refractivity contribution in [3.8, 4) is 0 Å². The molecule has 2 aliphatic heterocycles. The third-order valence-corrected chi connectivity index (χ3v) is 6.91. The van der Waals surface area contributed by atoms with Crippen LogP contribution in [0.5, 0.6) is 0 Å². The molecular weight excluding hydrogens is 343 g/mol. The number of hydrogen-bond acceptors (Lipinski definition) is 5. The van der Waals surface area contributed by atoms with Crippen molar-refractivity contribution in [1.82, 2.24) is 9.21 Å². The van der Waals surface area contributed by atoms with Crippen molar-refractivity contribution in [2.75, 3.05) is 37.9 Å². The van der Waals surface area contributed by atoms with Gasteiger partial charge < -0.3 is 9.64 Å². The predicted octanol–water partition coefficient (Wildman–Crippen LogP) is 0.748. The van der Waals surface area contributed by atoms with Gasteiger partial charge in [0.2, 0.25) is 15.9 Å². The van der Waals surface area contributed by atoms with Gasteiger partial charge in [-0.2, -0.15) is 4.31 Å². The Balaban J connectivity index is 1.82. The van der Waals surface area contributed by atoms with Crippen LogP contribution in [-0.4, -0.2) is 67.5 Å². The lowest BCUT2D eigenvalue weighted by molar-refractivity contribution is -0.138. The van der Waals surface area contributed by atoms with E-state index in [0.29, 0.717) is 32.1 Å². The molecule has 0 bridgehead atoms. The summed E-state index contributed by atoms with van der Waals surface area (Å²) in [5.41, 5.74) is 0. The Morgan fingerprint density at radius 2 is 1.87 bits per heavy atom. The number of amides is 1. The molecule has 3 rings (SSSR count). The molecule has 0 unspecified atom stereocenters. The first-order chi connectivity index (χ1) is 11.0. The number of hydrogen-bond donors (Lipinski definition) is 0. The van der Waals surface area contributed by atoms with Crippen LogP contribution in [0.25, 0.3) is 0 Å². The molecule has 6 nitrogen and oxygen atoms in total. The van der Waals surface area contributed by atoms with E-state index in [0.717, 1.165) is 12.1 Å². The molecule has 0 radical (unpaired) electrons. The Labute approximate surface area is 138 Å². The minimum Gasteiger partial charge on any atom is -0.378 e. The van der Waals surface area contributed by atoms with Crippen molar-refractivity contribution in [1.29, 1.82) is 0 Å². The summed E-state index contributed by atoms with van der Waals surface area (Å²) in [6, 6.07) is 3.95. The van der Waals surface area contributed by atoms with Crippen molar-refractivity contribution in [2.45, 2.75) is 10.9 Å². The van der Waals surface area contributed by atoms with Crippen molar-refractivity contribution < 1.29 is 22.3 Å². The third kappa shape index (κ3) is 3.37. The molecule has 0 spiro atoms. The van der Waals surface area contributed by atoms with Crippen LogP contribution in [-0.2, 0) is 19.6 Å². The Kier molecular flexibility index (Phi) is 4.90. The smallest absolute Gasteiger partial charge is 0.244 e. The zero-order valence-corrected chi connectivity index (χ0v) is 14.0. The zero-order valence-electron chi connectivity index (χ0n) is 12.4. The quantitative estimate of drug-likeness (QED) is 0.796. The minimum atomic E-state index is -3.82. The second kappa shape index (κ2) is 6.76. The lowest BCUT2D eigenvalue weighted by Gasteiger charge is -2.31. The highest BCUT2D eigenvalue weighted by Crippen LogP contribution is 2.29. The molecule has 0 aliphatic carbocycles. The van der Waals surface area contributed by atoms with Gasteiger partial charge in [0.1, 0.15) is 11.9 Å². The maximum Gasteiger partial charge on any atom is 0.244 e. The van der Waals surface area contributed by atoms with Gasteiger partial charge in [0.25, 0.3) is 0 Å². The Hall–Kier alpha value is -1.16. The van der Waals surface area contributed by atoms with Gasteiger partial charge in [0.15, 0.2) is 0 Å². The number of sulfonamides is 1. The van der Waals surface area contributed by atoms with E-state index in [1.165, 1.54) is 28.2 Å². The summed E-state index contributed by atoms with van der Waals surface area (Å²) in [6.07, 6.45) is 0. The van der Waals surface area contributed by atoms with E-state index in [-0.39, 0.29) is 16.7 Å². The minimum absolute atomic E-state index is 0.00109. The highest BCUT2D eigenvalue weighted by atomic mass is 32.2. The number of carbonyl (C=O) groups excluding carboxylic acids is 1. The van der Waals surface area contributed by atoms with E-state index in [4.69, 9.17) is 4.74 Å². The van der Waals surface area contributed by atoms with Crippen LogP contribution in [0.4, 0.5) is 4.39 Å². The SMILES string of the molecule is O=C([C@H]1CSCN1S(=O)(=O)c1ccc(F)cc1)N1CCOCC1. The Morgan fingerprint density at radius 3 is 2.52 bits per heavy atom. The van der Waals surface area contributed by atoms with Crippen LogP contribution in [0, 0.1) is 5.82 Å². The van der Waals surface area contributed by atoms with Gasteiger partial charge in [-0.3, -0.25) is 4.79 Å². The van der Waals surface area contributed by atoms with Crippen LogP contribution in [0.3, 0.4) is 0 Å². The largest absolute Gasteiger partial charge is 0.378 e. The molecule has 0 aromatic heterocycles. The second-order valence-electron chi connectivity index (χ2n) is 5.30. The summed E-state index contributed by atoms with van der Waals surface area (Å²) >= 11 is 1.40. The summed E-state index contributed by atoms with van der Waals surface area (Å²) in [5.74, 6) is -0.0402. The molecular formula is C14H17FN2O4S2. The topological polar surface area (TPSA) is 66.9 Å². The molecule has 2 saturated heterocycles. The number of carbonyl (C=O) groups is 1. The molecule has 2 fully saturated rings. The summed E-state index contributed by atoms with van der Waals surface area (Å²) in [4.78, 5) is 14.3. The molecule has 2 heterocycles. The van der Waals surface area contributed by atoms with Crippen LogP contribution in [0.2, 0.25) is 0 Å². The van der Waals surface area contributed by atoms with Gasteiger partial charge in [-0.15, -0.1) is 11.8 Å². The van der Waals surface area contributed by atoms with Gasteiger partial charge >= 0.3 is 0 Å². The molecule has 1 amide bonds. The van der Waals surface area contributed by atoms with Gasteiger partial charge in [-0.05, 0) is 24.3 Å². The van der Waals surface area contributed by atoms with Crippen molar-refractivity contribution in [3.05, 3.63) is 30.1 Å². The second-order valence-corrected chi connectivity index (χ2v) is 8.19. The Morgan fingerprint density at radius 1 is 1.22 bits per heavy atom. The van der Waals surface area contributed by atoms with E-state index < -0.39 is 21.9 Å². The van der Waals surface area contributed by atoms with Crippen LogP contribution >= 0.6 is 11.8 Å². The normalized spacial score (nSPS) is 23.2. The average molecular weight is 360 g/mol. The molecule has 0 N–H and O–H groups in total. The first-order valence-electron chi connectivity index (χ1n) is 7.22. The van der Waals surface area contributed by atoms with Gasteiger partial charge in [0.05, 0.1) is 24.0 Å². The fourth-order valence-corrected chi connectivity index (χ4v) is 5.73. The first-order valence-corrected chi connectivity index (χ1v) is 9.81. The van der Waals surface area contributed by atoms with E-state index in [9.17, 15) is 17.6 Å². The number of rotatable bonds is 3. The fraction of sp³-hybridized carbons (Fsp3) is 0.500. The van der Waals surface area contributed by atoms with Gasteiger partial charge in [-0.25, -0.2) is 12.8 Å². The highest BCUT2D eigenvalue weighted by molar-refractivity contribution is 8.00. The number of thioether (sulfide) groups is 1. The molecule has 0 saturated carbocycles. The maximum atomic E-state index is 13.0. The first kappa shape index (κ1) is 16.7. The van der Waals surface area contributed by atoms with E-state index >= 15 is 0 Å². The third-order valence-electron chi connectivity index (χ3n) is 3.87. The number of benzene rings is 1. The van der Waals surface area contributed by atoms with E-state index in [1.807, 2.05) is 0 Å². The molecule has 1 aromatic carbocycles. The summed E-state index contributed by atoms with van der Waals surface area (Å²) < 4.78 is 44.9. The summed E-state index contributed by atoms with van der Waals surface area (Å²) in [7, 11) is -3.82. The summed E-state index contributed by atoms with van der Waals surface area (Å²) in [5, 5.41) is 0.